The molecule has 0 radical (unpaired) electrons. The van der Waals surface area contributed by atoms with Crippen LogP contribution in [0, 0.1) is 0 Å². The van der Waals surface area contributed by atoms with Gasteiger partial charge in [-0.15, -0.1) is 0 Å². The molecule has 0 aliphatic carbocycles. The minimum atomic E-state index is -1.21. The third kappa shape index (κ3) is 2.62. The number of amidine groups is 1. The lowest BCUT2D eigenvalue weighted by Crippen LogP contribution is -2.64. The summed E-state index contributed by atoms with van der Waals surface area (Å²) in [6.45, 7) is 3.76. The molecular weight excluding hydrogens is 362 g/mol. The largest absolute Gasteiger partial charge is 0.394 e. The summed E-state index contributed by atoms with van der Waals surface area (Å²) in [5.74, 6) is 0.455. The number of rotatable bonds is 4. The van der Waals surface area contributed by atoms with Gasteiger partial charge in [-0.05, 0) is 5.56 Å². The number of hydrogen-bond acceptors (Lipinski definition) is 9. The molecule has 1 saturated heterocycles. The third-order valence-corrected chi connectivity index (χ3v) is 5.94. The smallest absolute Gasteiger partial charge is 0.165 e. The van der Waals surface area contributed by atoms with Gasteiger partial charge in [0.25, 0.3) is 0 Å². The SMILES string of the molecule is CC(C)(c1ccccc1)C1(N)N=CN=C2C1=NCN2[C@@H]1O[C@H](CO)[C@@H](O)[C@H]1O. The molecule has 3 aliphatic rings. The maximum absolute atomic E-state index is 10.4. The number of nitrogens with zero attached hydrogens (tertiary/aromatic N) is 4. The Labute approximate surface area is 162 Å². The maximum atomic E-state index is 10.4. The standard InChI is InChI=1S/C19H25N5O4/c1-18(2,11-6-4-3-5-7-11)19(20)15-16(21-9-23-19)24(10-22-15)17-14(27)13(26)12(8-25)28-17/h3-7,9,12-14,17,25-27H,8,10,20H2,1-2H3/t12-,13-,14-,17-,19?/m1/s1. The Balaban J connectivity index is 1.66. The first kappa shape index (κ1) is 19.2. The molecule has 0 amide bonds. The molecule has 0 aromatic heterocycles. The molecule has 1 aromatic rings. The molecule has 1 fully saturated rings. The summed E-state index contributed by atoms with van der Waals surface area (Å²) in [6, 6.07) is 9.83. The highest BCUT2D eigenvalue weighted by atomic mass is 16.6. The van der Waals surface area contributed by atoms with Crippen molar-refractivity contribution in [2.24, 2.45) is 20.7 Å². The average Bonchev–Trinajstić information content (AvgIpc) is 3.25. The summed E-state index contributed by atoms with van der Waals surface area (Å²) in [5.41, 5.74) is 6.55. The molecule has 3 aliphatic heterocycles. The third-order valence-electron chi connectivity index (χ3n) is 5.94. The van der Waals surface area contributed by atoms with Crippen molar-refractivity contribution in [1.29, 1.82) is 0 Å². The van der Waals surface area contributed by atoms with E-state index in [2.05, 4.69) is 15.0 Å². The predicted molar refractivity (Wildman–Crippen MR) is 104 cm³/mol. The Morgan fingerprint density at radius 1 is 1.25 bits per heavy atom. The number of benzene rings is 1. The van der Waals surface area contributed by atoms with Crippen molar-refractivity contribution in [2.45, 2.75) is 49.5 Å². The van der Waals surface area contributed by atoms with Gasteiger partial charge in [0, 0.05) is 5.41 Å². The van der Waals surface area contributed by atoms with E-state index in [-0.39, 0.29) is 6.67 Å². The maximum Gasteiger partial charge on any atom is 0.165 e. The molecule has 3 heterocycles. The highest BCUT2D eigenvalue weighted by molar-refractivity contribution is 6.47. The van der Waals surface area contributed by atoms with E-state index in [0.29, 0.717) is 11.5 Å². The van der Waals surface area contributed by atoms with Crippen molar-refractivity contribution in [1.82, 2.24) is 4.90 Å². The van der Waals surface area contributed by atoms with Crippen LogP contribution in [0.25, 0.3) is 0 Å². The lowest BCUT2D eigenvalue weighted by atomic mass is 9.71. The van der Waals surface area contributed by atoms with Gasteiger partial charge in [0.2, 0.25) is 0 Å². The van der Waals surface area contributed by atoms with Crippen LogP contribution in [0.3, 0.4) is 0 Å². The highest BCUT2D eigenvalue weighted by Crippen LogP contribution is 2.39. The first-order valence-electron chi connectivity index (χ1n) is 9.21. The van der Waals surface area contributed by atoms with Gasteiger partial charge in [0.05, 0.1) is 6.61 Å². The molecule has 0 spiro atoms. The summed E-state index contributed by atoms with van der Waals surface area (Å²) in [4.78, 5) is 15.1. The number of aliphatic imine (C=N–C) groups is 3. The van der Waals surface area contributed by atoms with E-state index in [1.54, 1.807) is 4.90 Å². The van der Waals surface area contributed by atoms with Crippen LogP contribution in [0.15, 0.2) is 45.3 Å². The van der Waals surface area contributed by atoms with Crippen LogP contribution >= 0.6 is 0 Å². The summed E-state index contributed by atoms with van der Waals surface area (Å²) in [7, 11) is 0. The summed E-state index contributed by atoms with van der Waals surface area (Å²) >= 11 is 0. The first-order valence-corrected chi connectivity index (χ1v) is 9.21. The van der Waals surface area contributed by atoms with Gasteiger partial charge in [-0.2, -0.15) is 0 Å². The van der Waals surface area contributed by atoms with Crippen LogP contribution in [0.2, 0.25) is 0 Å². The topological polar surface area (TPSA) is 136 Å². The lowest BCUT2D eigenvalue weighted by molar-refractivity contribution is -0.0688. The van der Waals surface area contributed by atoms with Gasteiger partial charge >= 0.3 is 0 Å². The lowest BCUT2D eigenvalue weighted by Gasteiger charge is -2.43. The van der Waals surface area contributed by atoms with E-state index in [1.807, 2.05) is 44.2 Å². The van der Waals surface area contributed by atoms with Crippen molar-refractivity contribution in [3.63, 3.8) is 0 Å². The van der Waals surface area contributed by atoms with Gasteiger partial charge in [0.1, 0.15) is 37.0 Å². The molecule has 5 N–H and O–H groups in total. The van der Waals surface area contributed by atoms with Crippen molar-refractivity contribution in [3.8, 4) is 0 Å². The second kappa shape index (κ2) is 6.71. The Morgan fingerprint density at radius 2 is 1.96 bits per heavy atom. The zero-order chi connectivity index (χ0) is 20.1. The monoisotopic (exact) mass is 387 g/mol. The Kier molecular flexibility index (Phi) is 4.59. The van der Waals surface area contributed by atoms with Crippen LogP contribution in [0.4, 0.5) is 0 Å². The molecule has 1 unspecified atom stereocenters. The average molecular weight is 387 g/mol. The molecular formula is C19H25N5O4. The van der Waals surface area contributed by atoms with E-state index in [4.69, 9.17) is 10.5 Å². The number of nitrogens with two attached hydrogens (primary N) is 1. The quantitative estimate of drug-likeness (QED) is 0.535. The van der Waals surface area contributed by atoms with Crippen LogP contribution in [0.5, 0.6) is 0 Å². The normalized spacial score (nSPS) is 35.0. The molecule has 0 bridgehead atoms. The number of fused-ring (bicyclic) bond motifs is 1. The molecule has 4 rings (SSSR count). The molecule has 9 nitrogen and oxygen atoms in total. The van der Waals surface area contributed by atoms with E-state index >= 15 is 0 Å². The fourth-order valence-electron chi connectivity index (χ4n) is 3.95. The summed E-state index contributed by atoms with van der Waals surface area (Å²) in [5, 5.41) is 29.8. The van der Waals surface area contributed by atoms with Gasteiger partial charge in [-0.25, -0.2) is 9.98 Å². The van der Waals surface area contributed by atoms with Gasteiger partial charge in [-0.3, -0.25) is 4.99 Å². The Bertz CT molecular complexity index is 840. The first-order chi connectivity index (χ1) is 13.3. The molecule has 9 heteroatoms. The molecule has 28 heavy (non-hydrogen) atoms. The van der Waals surface area contributed by atoms with Crippen LogP contribution in [-0.4, -0.2) is 81.6 Å². The van der Waals surface area contributed by atoms with Crippen molar-refractivity contribution in [2.75, 3.05) is 13.3 Å². The number of hydrogen-bond donors (Lipinski definition) is 4. The highest BCUT2D eigenvalue weighted by Gasteiger charge is 2.55. The Morgan fingerprint density at radius 3 is 2.61 bits per heavy atom. The minimum Gasteiger partial charge on any atom is -0.394 e. The zero-order valence-corrected chi connectivity index (χ0v) is 15.8. The predicted octanol–water partition coefficient (Wildman–Crippen LogP) is -0.787. The van der Waals surface area contributed by atoms with Crippen molar-refractivity contribution < 1.29 is 20.1 Å². The summed E-state index contributed by atoms with van der Waals surface area (Å²) in [6.07, 6.45) is -2.76. The minimum absolute atomic E-state index is 0.161. The number of aliphatic hydroxyl groups excluding tert-OH is 3. The van der Waals surface area contributed by atoms with Crippen molar-refractivity contribution >= 4 is 17.9 Å². The molecule has 150 valence electrons. The van der Waals surface area contributed by atoms with Gasteiger partial charge in [-0.1, -0.05) is 44.2 Å². The van der Waals surface area contributed by atoms with Crippen LogP contribution in [-0.2, 0) is 10.2 Å². The van der Waals surface area contributed by atoms with Crippen molar-refractivity contribution in [3.05, 3.63) is 35.9 Å². The molecule has 5 atom stereocenters. The zero-order valence-electron chi connectivity index (χ0n) is 15.8. The van der Waals surface area contributed by atoms with Crippen LogP contribution < -0.4 is 5.73 Å². The molecule has 0 saturated carbocycles. The van der Waals surface area contributed by atoms with E-state index in [0.717, 1.165) is 5.56 Å². The van der Waals surface area contributed by atoms with E-state index in [9.17, 15) is 15.3 Å². The second-order valence-corrected chi connectivity index (χ2v) is 7.80. The van der Waals surface area contributed by atoms with E-state index in [1.165, 1.54) is 6.34 Å². The Hall–Kier alpha value is -2.17. The molecule has 1 aromatic carbocycles. The van der Waals surface area contributed by atoms with Crippen LogP contribution in [0.1, 0.15) is 19.4 Å². The number of ether oxygens (including phenoxy) is 1. The van der Waals surface area contributed by atoms with Gasteiger partial charge in [0.15, 0.2) is 17.7 Å². The number of aliphatic hydroxyl groups is 3. The fraction of sp³-hybridized carbons (Fsp3) is 0.526. The summed E-state index contributed by atoms with van der Waals surface area (Å²) < 4.78 is 5.64. The van der Waals surface area contributed by atoms with Gasteiger partial charge < -0.3 is 30.7 Å². The fourth-order valence-corrected chi connectivity index (χ4v) is 3.95. The second-order valence-electron chi connectivity index (χ2n) is 7.80. The van der Waals surface area contributed by atoms with E-state index < -0.39 is 42.2 Å².